The highest BCUT2D eigenvalue weighted by Crippen LogP contribution is 2.21. The first-order chi connectivity index (χ1) is 9.86. The van der Waals surface area contributed by atoms with Gasteiger partial charge in [-0.3, -0.25) is 0 Å². The molecule has 3 nitrogen and oxygen atoms in total. The van der Waals surface area contributed by atoms with Crippen molar-refractivity contribution in [3.63, 3.8) is 0 Å². The average Bonchev–Trinajstić information content (AvgIpc) is 2.49. The van der Waals surface area contributed by atoms with Crippen LogP contribution in [0.2, 0.25) is 0 Å². The third-order valence-electron chi connectivity index (χ3n) is 3.17. The fourth-order valence-corrected chi connectivity index (χ4v) is 2.19. The standard InChI is InChI=1S/C17H16N2O/c1-2-3-6-11-20-13-9-10-16-17(12-13)19-15-8-5-4-7-14(15)18-16/h2-11,13H,12H2,1H3. The molecule has 1 atom stereocenters. The summed E-state index contributed by atoms with van der Waals surface area (Å²) >= 11 is 0. The zero-order valence-corrected chi connectivity index (χ0v) is 11.4. The minimum absolute atomic E-state index is 0.0273. The SMILES string of the molecule is CC=CC=COC1C=Cc2nc3ccccc3nc2C1. The molecule has 3 rings (SSSR count). The van der Waals surface area contributed by atoms with E-state index >= 15 is 0 Å². The van der Waals surface area contributed by atoms with Crippen molar-refractivity contribution < 1.29 is 4.74 Å². The monoisotopic (exact) mass is 264 g/mol. The molecule has 1 aromatic carbocycles. The first kappa shape index (κ1) is 12.6. The topological polar surface area (TPSA) is 35.0 Å². The molecule has 1 heterocycles. The Balaban J connectivity index is 1.82. The van der Waals surface area contributed by atoms with Crippen molar-refractivity contribution in [1.82, 2.24) is 9.97 Å². The lowest BCUT2D eigenvalue weighted by Crippen LogP contribution is -2.16. The predicted octanol–water partition coefficient (Wildman–Crippen LogP) is 3.67. The number of nitrogens with zero attached hydrogens (tertiary/aromatic N) is 2. The summed E-state index contributed by atoms with van der Waals surface area (Å²) in [6.07, 6.45) is 12.3. The maximum Gasteiger partial charge on any atom is 0.122 e. The van der Waals surface area contributed by atoms with Crippen molar-refractivity contribution in [3.8, 4) is 0 Å². The molecule has 0 aliphatic heterocycles. The summed E-state index contributed by atoms with van der Waals surface area (Å²) in [6, 6.07) is 7.94. The molecule has 1 aliphatic rings. The number of hydrogen-bond donors (Lipinski definition) is 0. The van der Waals surface area contributed by atoms with Crippen molar-refractivity contribution >= 4 is 17.1 Å². The summed E-state index contributed by atoms with van der Waals surface area (Å²) in [6.45, 7) is 1.97. The van der Waals surface area contributed by atoms with Crippen LogP contribution < -0.4 is 0 Å². The Labute approximate surface area is 118 Å². The lowest BCUT2D eigenvalue weighted by atomic mass is 10.0. The molecule has 0 radical (unpaired) electrons. The highest BCUT2D eigenvalue weighted by molar-refractivity contribution is 5.76. The van der Waals surface area contributed by atoms with Gasteiger partial charge in [0.25, 0.3) is 0 Å². The minimum Gasteiger partial charge on any atom is -0.494 e. The number of rotatable bonds is 3. The summed E-state index contributed by atoms with van der Waals surface area (Å²) in [5, 5.41) is 0. The van der Waals surface area contributed by atoms with Gasteiger partial charge in [-0.2, -0.15) is 0 Å². The van der Waals surface area contributed by atoms with Crippen LogP contribution in [0.5, 0.6) is 0 Å². The van der Waals surface area contributed by atoms with Crippen LogP contribution >= 0.6 is 0 Å². The molecule has 0 spiro atoms. The number of benzene rings is 1. The van der Waals surface area contributed by atoms with Gasteiger partial charge >= 0.3 is 0 Å². The fraction of sp³-hybridized carbons (Fsp3) is 0.176. The Morgan fingerprint density at radius 3 is 2.75 bits per heavy atom. The quantitative estimate of drug-likeness (QED) is 0.626. The van der Waals surface area contributed by atoms with Gasteiger partial charge in [0.2, 0.25) is 0 Å². The second-order valence-electron chi connectivity index (χ2n) is 4.64. The van der Waals surface area contributed by atoms with E-state index in [4.69, 9.17) is 4.74 Å². The summed E-state index contributed by atoms with van der Waals surface area (Å²) in [5.41, 5.74) is 3.81. The van der Waals surface area contributed by atoms with Crippen LogP contribution in [-0.4, -0.2) is 16.1 Å². The normalized spacial score (nSPS) is 17.9. The largest absolute Gasteiger partial charge is 0.494 e. The summed E-state index contributed by atoms with van der Waals surface area (Å²) in [5.74, 6) is 0. The van der Waals surface area contributed by atoms with Gasteiger partial charge in [0, 0.05) is 6.42 Å². The molecule has 0 amide bonds. The van der Waals surface area contributed by atoms with Crippen LogP contribution in [0, 0.1) is 0 Å². The number of ether oxygens (including phenoxy) is 1. The van der Waals surface area contributed by atoms with E-state index in [1.807, 2.05) is 61.6 Å². The second-order valence-corrected chi connectivity index (χ2v) is 4.64. The van der Waals surface area contributed by atoms with E-state index in [-0.39, 0.29) is 6.10 Å². The third kappa shape index (κ3) is 2.62. The molecule has 0 saturated carbocycles. The number of para-hydroxylation sites is 2. The Kier molecular flexibility index (Phi) is 3.59. The Morgan fingerprint density at radius 2 is 1.95 bits per heavy atom. The summed E-state index contributed by atoms with van der Waals surface area (Å²) in [7, 11) is 0. The lowest BCUT2D eigenvalue weighted by molar-refractivity contribution is 0.185. The summed E-state index contributed by atoms with van der Waals surface area (Å²) in [4.78, 5) is 9.30. The maximum atomic E-state index is 5.67. The van der Waals surface area contributed by atoms with Gasteiger partial charge in [0.1, 0.15) is 6.10 Å². The second kappa shape index (κ2) is 5.70. The number of allylic oxidation sites excluding steroid dienone is 3. The number of hydrogen-bond acceptors (Lipinski definition) is 3. The molecule has 100 valence electrons. The first-order valence-electron chi connectivity index (χ1n) is 6.74. The molecular weight excluding hydrogens is 248 g/mol. The smallest absolute Gasteiger partial charge is 0.122 e. The molecule has 0 N–H and O–H groups in total. The van der Waals surface area contributed by atoms with Crippen LogP contribution in [0.3, 0.4) is 0 Å². The zero-order valence-electron chi connectivity index (χ0n) is 11.4. The lowest BCUT2D eigenvalue weighted by Gasteiger charge is -2.18. The molecule has 0 saturated heterocycles. The van der Waals surface area contributed by atoms with Gasteiger partial charge in [-0.15, -0.1) is 0 Å². The molecule has 2 aromatic rings. The van der Waals surface area contributed by atoms with E-state index in [2.05, 4.69) is 9.97 Å². The Hall–Kier alpha value is -2.42. The van der Waals surface area contributed by atoms with E-state index in [1.165, 1.54) is 0 Å². The van der Waals surface area contributed by atoms with Crippen LogP contribution in [0.25, 0.3) is 17.1 Å². The average molecular weight is 264 g/mol. The van der Waals surface area contributed by atoms with Crippen LogP contribution in [0.4, 0.5) is 0 Å². The molecule has 3 heteroatoms. The highest BCUT2D eigenvalue weighted by atomic mass is 16.5. The van der Waals surface area contributed by atoms with Crippen molar-refractivity contribution in [2.24, 2.45) is 0 Å². The minimum atomic E-state index is 0.0273. The van der Waals surface area contributed by atoms with Crippen LogP contribution in [0.15, 0.2) is 54.8 Å². The van der Waals surface area contributed by atoms with Gasteiger partial charge in [0.05, 0.1) is 28.7 Å². The molecule has 1 unspecified atom stereocenters. The Morgan fingerprint density at radius 1 is 1.15 bits per heavy atom. The third-order valence-corrected chi connectivity index (χ3v) is 3.17. The van der Waals surface area contributed by atoms with E-state index < -0.39 is 0 Å². The molecule has 0 fully saturated rings. The van der Waals surface area contributed by atoms with E-state index in [9.17, 15) is 0 Å². The van der Waals surface area contributed by atoms with Crippen molar-refractivity contribution in [3.05, 3.63) is 66.2 Å². The molecule has 0 bridgehead atoms. The zero-order chi connectivity index (χ0) is 13.8. The Bertz CT molecular complexity index is 701. The highest BCUT2D eigenvalue weighted by Gasteiger charge is 2.16. The van der Waals surface area contributed by atoms with Crippen molar-refractivity contribution in [2.45, 2.75) is 19.4 Å². The molecular formula is C17H16N2O. The fourth-order valence-electron chi connectivity index (χ4n) is 2.19. The van der Waals surface area contributed by atoms with Crippen LogP contribution in [-0.2, 0) is 11.2 Å². The van der Waals surface area contributed by atoms with E-state index in [0.717, 1.165) is 28.8 Å². The molecule has 20 heavy (non-hydrogen) atoms. The van der Waals surface area contributed by atoms with Gasteiger partial charge in [0.15, 0.2) is 0 Å². The van der Waals surface area contributed by atoms with Gasteiger partial charge in [-0.1, -0.05) is 24.3 Å². The van der Waals surface area contributed by atoms with Gasteiger partial charge < -0.3 is 4.74 Å². The van der Waals surface area contributed by atoms with E-state index in [1.54, 1.807) is 6.26 Å². The van der Waals surface area contributed by atoms with E-state index in [0.29, 0.717) is 0 Å². The molecule has 1 aromatic heterocycles. The molecule has 1 aliphatic carbocycles. The predicted molar refractivity (Wildman–Crippen MR) is 81.1 cm³/mol. The van der Waals surface area contributed by atoms with Crippen molar-refractivity contribution in [2.75, 3.05) is 0 Å². The van der Waals surface area contributed by atoms with Crippen molar-refractivity contribution in [1.29, 1.82) is 0 Å². The van der Waals surface area contributed by atoms with Gasteiger partial charge in [-0.25, -0.2) is 9.97 Å². The number of fused-ring (bicyclic) bond motifs is 2. The number of aromatic nitrogens is 2. The van der Waals surface area contributed by atoms with Gasteiger partial charge in [-0.05, 0) is 37.3 Å². The first-order valence-corrected chi connectivity index (χ1v) is 6.74. The maximum absolute atomic E-state index is 5.67. The van der Waals surface area contributed by atoms with Crippen LogP contribution in [0.1, 0.15) is 18.3 Å². The summed E-state index contributed by atoms with van der Waals surface area (Å²) < 4.78 is 5.67.